The molecule has 0 aromatic carbocycles. The van der Waals surface area contributed by atoms with Gasteiger partial charge in [-0.15, -0.1) is 0 Å². The van der Waals surface area contributed by atoms with Crippen LogP contribution in [0.1, 0.15) is 97.1 Å². The van der Waals surface area contributed by atoms with E-state index in [0.29, 0.717) is 43.8 Å². The van der Waals surface area contributed by atoms with E-state index in [-0.39, 0.29) is 76.4 Å². The van der Waals surface area contributed by atoms with Crippen LogP contribution >= 0.6 is 0 Å². The average Bonchev–Trinajstić information content (AvgIpc) is 4.09. The van der Waals surface area contributed by atoms with Crippen LogP contribution in [0.15, 0.2) is 29.3 Å². The Morgan fingerprint density at radius 3 is 2.20 bits per heavy atom. The van der Waals surface area contributed by atoms with Crippen LogP contribution in [0.4, 0.5) is 0 Å². The minimum atomic E-state index is -1.56. The molecule has 75 heavy (non-hydrogen) atoms. The van der Waals surface area contributed by atoms with Crippen molar-refractivity contribution in [2.75, 3.05) is 45.8 Å². The minimum absolute atomic E-state index is 0.0430. The number of hydrogen-bond donors (Lipinski definition) is 17. The number of H-pyrrole nitrogens is 1. The van der Waals surface area contributed by atoms with E-state index >= 15 is 0 Å². The number of carbonyl (C=O) groups excluding carboxylic acids is 8. The number of aliphatic imine (C=N–C) groups is 1. The molecule has 1 aromatic rings. The van der Waals surface area contributed by atoms with Crippen LogP contribution in [0.2, 0.25) is 0 Å². The minimum Gasteiger partial charge on any atom is -0.477 e. The summed E-state index contributed by atoms with van der Waals surface area (Å²) >= 11 is 0. The van der Waals surface area contributed by atoms with Crippen LogP contribution in [-0.4, -0.2) is 184 Å². The number of carboxylic acids is 1. The molecule has 0 radical (unpaired) electrons. The van der Waals surface area contributed by atoms with Gasteiger partial charge < -0.3 is 91.3 Å². The number of likely N-dealkylation sites (tertiary alicyclic amines) is 1. The van der Waals surface area contributed by atoms with Gasteiger partial charge >= 0.3 is 5.97 Å². The molecule has 7 atom stereocenters. The summed E-state index contributed by atoms with van der Waals surface area (Å²) in [6.45, 7) is 5.43. The van der Waals surface area contributed by atoms with Gasteiger partial charge in [0.1, 0.15) is 41.6 Å². The van der Waals surface area contributed by atoms with E-state index in [1.165, 1.54) is 30.4 Å². The zero-order chi connectivity index (χ0) is 56.0. The molecule has 1 aliphatic rings. The molecule has 1 saturated heterocycles. The number of imidazole rings is 1. The molecule has 0 saturated carbocycles. The number of hydrogen-bond acceptors (Lipinski definition) is 17. The number of unbranched alkanes of at least 4 members (excludes halogenated alkanes) is 2. The number of nitrogens with one attached hydrogen (secondary N) is 10. The molecular weight excluding hydrogens is 981 g/mol. The normalized spacial score (nSPS) is 16.1. The van der Waals surface area contributed by atoms with Crippen molar-refractivity contribution in [1.82, 2.24) is 57.4 Å². The molecule has 29 heteroatoms. The molecule has 420 valence electrons. The summed E-state index contributed by atoms with van der Waals surface area (Å²) in [6.07, 6.45) is 5.55. The predicted molar refractivity (Wildman–Crippen MR) is 275 cm³/mol. The number of nitrogens with two attached hydrogens (primary N) is 5. The van der Waals surface area contributed by atoms with E-state index in [9.17, 15) is 53.4 Å². The van der Waals surface area contributed by atoms with Crippen LogP contribution in [0.3, 0.4) is 0 Å². The SMILES string of the molecule is CC(C)NCCCC[C@H](N)C(=O)N[C@H](C(=O)N[C@@H](C)C(=O)NCC(=O)/N=C(\CCCN)C(=O)N1CCC[C@H]1C(=O)N[C@@H](Cc1cnc[nH]1)C(=O)N[C@@H](CCCCN)C(=O)N/C(=C\CCNC(=N)N)C(=O)O)[C@@H](O)CN. The Hall–Kier alpha value is -6.92. The van der Waals surface area contributed by atoms with E-state index in [4.69, 9.17) is 34.1 Å². The first-order valence-electron chi connectivity index (χ1n) is 25.1. The van der Waals surface area contributed by atoms with E-state index < -0.39 is 114 Å². The van der Waals surface area contributed by atoms with Crippen molar-refractivity contribution in [3.8, 4) is 0 Å². The van der Waals surface area contributed by atoms with Crippen molar-refractivity contribution in [2.45, 2.75) is 146 Å². The quantitative estimate of drug-likeness (QED) is 0.0131. The summed E-state index contributed by atoms with van der Waals surface area (Å²) < 4.78 is 0. The number of aliphatic carboxylic acids is 1. The number of aliphatic hydroxyl groups is 1. The molecule has 0 bridgehead atoms. The first kappa shape index (κ1) is 64.2. The van der Waals surface area contributed by atoms with Gasteiger partial charge in [0.15, 0.2) is 5.96 Å². The monoisotopic (exact) mass is 1060 g/mol. The van der Waals surface area contributed by atoms with Crippen molar-refractivity contribution in [3.63, 3.8) is 0 Å². The Balaban J connectivity index is 2.21. The summed E-state index contributed by atoms with van der Waals surface area (Å²) in [4.78, 5) is 132. The van der Waals surface area contributed by atoms with Gasteiger partial charge in [0.2, 0.25) is 35.4 Å². The molecule has 0 aliphatic carbocycles. The lowest BCUT2D eigenvalue weighted by atomic mass is 10.1. The van der Waals surface area contributed by atoms with E-state index in [0.717, 1.165) is 13.0 Å². The highest BCUT2D eigenvalue weighted by Crippen LogP contribution is 2.20. The van der Waals surface area contributed by atoms with Crippen molar-refractivity contribution in [2.24, 2.45) is 33.7 Å². The number of carbonyl (C=O) groups is 9. The van der Waals surface area contributed by atoms with Gasteiger partial charge in [0, 0.05) is 44.0 Å². The zero-order valence-corrected chi connectivity index (χ0v) is 43.1. The van der Waals surface area contributed by atoms with Gasteiger partial charge in [0.25, 0.3) is 11.8 Å². The van der Waals surface area contributed by atoms with Crippen LogP contribution in [0, 0.1) is 5.41 Å². The number of guanidine groups is 1. The second-order valence-electron chi connectivity index (χ2n) is 18.2. The molecule has 1 aromatic heterocycles. The second kappa shape index (κ2) is 34.5. The second-order valence-corrected chi connectivity index (χ2v) is 18.2. The maximum atomic E-state index is 14.1. The highest BCUT2D eigenvalue weighted by atomic mass is 16.4. The Labute approximate surface area is 435 Å². The Morgan fingerprint density at radius 1 is 0.867 bits per heavy atom. The fourth-order valence-corrected chi connectivity index (χ4v) is 7.51. The number of carboxylic acid groups (broad SMARTS) is 1. The van der Waals surface area contributed by atoms with Crippen LogP contribution in [0.5, 0.6) is 0 Å². The van der Waals surface area contributed by atoms with Crippen molar-refractivity contribution < 1.29 is 53.4 Å². The van der Waals surface area contributed by atoms with Crippen molar-refractivity contribution in [1.29, 1.82) is 5.41 Å². The summed E-state index contributed by atoms with van der Waals surface area (Å²) in [7, 11) is 0. The molecule has 0 spiro atoms. The number of aromatic nitrogens is 2. The lowest BCUT2D eigenvalue weighted by Gasteiger charge is -2.27. The Morgan fingerprint density at radius 2 is 1.57 bits per heavy atom. The maximum Gasteiger partial charge on any atom is 0.352 e. The first-order valence-corrected chi connectivity index (χ1v) is 25.1. The zero-order valence-electron chi connectivity index (χ0n) is 43.1. The molecule has 22 N–H and O–H groups in total. The summed E-state index contributed by atoms with van der Waals surface area (Å²) in [5.41, 5.74) is 28.0. The number of rotatable bonds is 35. The van der Waals surface area contributed by atoms with Crippen molar-refractivity contribution in [3.05, 3.63) is 30.0 Å². The van der Waals surface area contributed by atoms with Gasteiger partial charge in [-0.25, -0.2) is 14.8 Å². The molecule has 8 amide bonds. The van der Waals surface area contributed by atoms with Crippen molar-refractivity contribution >= 4 is 64.9 Å². The Kier molecular flexibility index (Phi) is 29.6. The highest BCUT2D eigenvalue weighted by Gasteiger charge is 2.38. The summed E-state index contributed by atoms with van der Waals surface area (Å²) in [5.74, 6) is -8.47. The van der Waals surface area contributed by atoms with E-state index in [1.54, 1.807) is 0 Å². The van der Waals surface area contributed by atoms with E-state index in [1.807, 2.05) is 13.8 Å². The number of aliphatic hydroxyl groups excluding tert-OH is 1. The molecule has 1 aliphatic heterocycles. The largest absolute Gasteiger partial charge is 0.477 e. The molecule has 2 rings (SSSR count). The predicted octanol–water partition coefficient (Wildman–Crippen LogP) is -5.37. The van der Waals surface area contributed by atoms with Gasteiger partial charge in [0.05, 0.1) is 25.0 Å². The fourth-order valence-electron chi connectivity index (χ4n) is 7.51. The van der Waals surface area contributed by atoms with E-state index in [2.05, 4.69) is 57.5 Å². The van der Waals surface area contributed by atoms with Crippen LogP contribution in [0.25, 0.3) is 0 Å². The third-order valence-electron chi connectivity index (χ3n) is 11.6. The number of nitrogens with zero attached hydrogens (tertiary/aromatic N) is 3. The number of aromatic amines is 1. The lowest BCUT2D eigenvalue weighted by Crippen LogP contribution is -2.60. The van der Waals surface area contributed by atoms with Crippen LogP contribution in [-0.2, 0) is 49.6 Å². The summed E-state index contributed by atoms with van der Waals surface area (Å²) in [5, 5.41) is 48.0. The highest BCUT2D eigenvalue weighted by molar-refractivity contribution is 6.40. The van der Waals surface area contributed by atoms with Crippen LogP contribution < -0.4 is 71.2 Å². The molecular formula is C46H80N18O11. The molecule has 29 nitrogen and oxygen atoms in total. The molecule has 0 unspecified atom stereocenters. The number of amides is 8. The fraction of sp³-hybridized carbons (Fsp3) is 0.652. The Bertz CT molecular complexity index is 2120. The summed E-state index contributed by atoms with van der Waals surface area (Å²) in [6, 6.07) is -7.36. The maximum absolute atomic E-state index is 14.1. The average molecular weight is 1060 g/mol. The van der Waals surface area contributed by atoms with Gasteiger partial charge in [-0.3, -0.25) is 43.8 Å². The third kappa shape index (κ3) is 23.9. The standard InChI is InChI=1S/C46H80N18O11/c1-26(2)54-18-7-5-11-29(50)39(68)63-37(35(65)22-49)43(72)58-27(3)38(67)56-24-36(66)59-31(13-8-17-48)44(73)64-20-10-15-34(64)42(71)62-33(21-28-23-53-25-57-28)41(70)60-30(12-4-6-16-47)40(69)61-32(45(74)75)14-9-19-55-46(51)52/h14,23,25-27,29-30,33-35,37,54,65H,4-13,15-22,24,47-50H2,1-3H3,(H,53,57)(H,56,67)(H,58,72)(H,60,70)(H,61,69)(H,62,71)(H,63,68)(H,74,75)(H4,51,52,55)/b32-14-,59-31+/t27-,29-,30-,33-,34-,35-,37-/m0/s1. The van der Waals surface area contributed by atoms with Gasteiger partial charge in [-0.1, -0.05) is 26.3 Å². The topological polar surface area (TPSA) is 489 Å². The lowest BCUT2D eigenvalue weighted by molar-refractivity contribution is -0.137. The molecule has 1 fully saturated rings. The van der Waals surface area contributed by atoms with Gasteiger partial charge in [-0.05, 0) is 90.8 Å². The third-order valence-corrected chi connectivity index (χ3v) is 11.6. The van der Waals surface area contributed by atoms with Gasteiger partial charge in [-0.2, -0.15) is 0 Å². The first-order chi connectivity index (χ1) is 35.6. The molecule has 2 heterocycles. The smallest absolute Gasteiger partial charge is 0.352 e.